The van der Waals surface area contributed by atoms with Crippen LogP contribution in [0.4, 0.5) is 11.4 Å². The van der Waals surface area contributed by atoms with Gasteiger partial charge in [0.15, 0.2) is 0 Å². The summed E-state index contributed by atoms with van der Waals surface area (Å²) in [4.78, 5) is 7.39. The molecule has 3 nitrogen and oxygen atoms in total. The maximum atomic E-state index is 4.82. The minimum Gasteiger partial charge on any atom is -0.331 e. The van der Waals surface area contributed by atoms with Crippen LogP contribution in [0.15, 0.2) is 126 Å². The molecule has 4 unspecified atom stereocenters. The zero-order valence-corrected chi connectivity index (χ0v) is 23.5. The Balaban J connectivity index is 1.49. The van der Waals surface area contributed by atoms with Crippen molar-refractivity contribution in [2.24, 2.45) is 11.3 Å². The Labute approximate surface area is 236 Å². The number of para-hydroxylation sites is 2. The monoisotopic (exact) mass is 569 g/mol. The quantitative estimate of drug-likeness (QED) is 0.197. The second kappa shape index (κ2) is 8.06. The first-order valence-corrected chi connectivity index (χ1v) is 14.4. The molecule has 0 radical (unpaired) electrons. The van der Waals surface area contributed by atoms with Crippen LogP contribution < -0.4 is 4.90 Å². The van der Waals surface area contributed by atoms with Gasteiger partial charge in [-0.15, -0.1) is 0 Å². The predicted molar refractivity (Wildman–Crippen MR) is 165 cm³/mol. The van der Waals surface area contributed by atoms with Gasteiger partial charge in [-0.05, 0) is 70.9 Å². The van der Waals surface area contributed by atoms with E-state index in [9.17, 15) is 0 Å². The summed E-state index contributed by atoms with van der Waals surface area (Å²) < 4.78 is 3.29. The lowest BCUT2D eigenvalue weighted by Gasteiger charge is -2.51. The smallest absolute Gasteiger partial charge is 0.137 e. The molecule has 5 aromatic rings. The van der Waals surface area contributed by atoms with E-state index in [2.05, 4.69) is 155 Å². The minimum absolute atomic E-state index is 0.0319. The molecule has 190 valence electrons. The first-order chi connectivity index (χ1) is 19.0. The Kier molecular flexibility index (Phi) is 4.76. The zero-order valence-electron chi connectivity index (χ0n) is 21.9. The standard InChI is InChI=1S/C35H28BrN3/c1-34-18-9-8-10-23(34)17-19-35(2)33(34)28-20-27-26-13-6-7-14-29(26)38(32-16-15-24(36)22-37-32)30(27)21-31(28)39(35)25-11-4-3-5-12-25/h3-23,33H,1-2H3. The molecule has 3 aromatic carbocycles. The number of hydrogen-bond donors (Lipinski definition) is 0. The molecule has 0 saturated heterocycles. The van der Waals surface area contributed by atoms with E-state index in [1.807, 2.05) is 6.20 Å². The number of fused-ring (bicyclic) bond motifs is 8. The van der Waals surface area contributed by atoms with Gasteiger partial charge in [0.25, 0.3) is 0 Å². The summed E-state index contributed by atoms with van der Waals surface area (Å²) in [6, 6.07) is 28.7. The summed E-state index contributed by atoms with van der Waals surface area (Å²) in [5.41, 5.74) is 6.02. The van der Waals surface area contributed by atoms with Gasteiger partial charge in [0.1, 0.15) is 5.82 Å². The van der Waals surface area contributed by atoms with Crippen molar-refractivity contribution >= 4 is 49.1 Å². The lowest BCUT2D eigenvalue weighted by atomic mass is 9.56. The van der Waals surface area contributed by atoms with Gasteiger partial charge in [0, 0.05) is 50.1 Å². The lowest BCUT2D eigenvalue weighted by Crippen LogP contribution is -2.51. The maximum absolute atomic E-state index is 4.82. The fraction of sp³-hybridized carbons (Fsp3) is 0.171. The van der Waals surface area contributed by atoms with E-state index in [1.54, 1.807) is 0 Å². The van der Waals surface area contributed by atoms with Gasteiger partial charge in [0.2, 0.25) is 0 Å². The number of hydrogen-bond acceptors (Lipinski definition) is 2. The highest BCUT2D eigenvalue weighted by Gasteiger charge is 2.58. The number of anilines is 2. The van der Waals surface area contributed by atoms with Crippen LogP contribution in [0.2, 0.25) is 0 Å². The first-order valence-electron chi connectivity index (χ1n) is 13.6. The Bertz CT molecular complexity index is 1860. The molecule has 8 rings (SSSR count). The summed E-state index contributed by atoms with van der Waals surface area (Å²) in [6.07, 6.45) is 16.0. The van der Waals surface area contributed by atoms with Crippen LogP contribution in [-0.4, -0.2) is 15.1 Å². The van der Waals surface area contributed by atoms with Gasteiger partial charge in [-0.25, -0.2) is 4.98 Å². The lowest BCUT2D eigenvalue weighted by molar-refractivity contribution is 0.214. The second-order valence-electron chi connectivity index (χ2n) is 11.4. The topological polar surface area (TPSA) is 21.1 Å². The van der Waals surface area contributed by atoms with E-state index in [0.717, 1.165) is 10.3 Å². The van der Waals surface area contributed by atoms with Crippen molar-refractivity contribution in [2.75, 3.05) is 4.90 Å². The Morgan fingerprint density at radius 2 is 1.62 bits per heavy atom. The van der Waals surface area contributed by atoms with E-state index >= 15 is 0 Å². The van der Waals surface area contributed by atoms with Crippen LogP contribution in [0.3, 0.4) is 0 Å². The zero-order chi connectivity index (χ0) is 26.4. The maximum Gasteiger partial charge on any atom is 0.137 e. The third-order valence-corrected chi connectivity index (χ3v) is 9.73. The summed E-state index contributed by atoms with van der Waals surface area (Å²) in [5.74, 6) is 1.58. The van der Waals surface area contributed by atoms with Crippen molar-refractivity contribution in [3.8, 4) is 5.82 Å². The van der Waals surface area contributed by atoms with Gasteiger partial charge in [0.05, 0.1) is 16.6 Å². The predicted octanol–water partition coefficient (Wildman–Crippen LogP) is 9.25. The fourth-order valence-electron chi connectivity index (χ4n) is 7.65. The van der Waals surface area contributed by atoms with Crippen molar-refractivity contribution in [3.63, 3.8) is 0 Å². The molecule has 3 heterocycles. The Morgan fingerprint density at radius 3 is 2.44 bits per heavy atom. The van der Waals surface area contributed by atoms with Crippen LogP contribution in [-0.2, 0) is 0 Å². The number of halogens is 1. The SMILES string of the molecule is CC12C=CC=CC1C=CC1(C)C2c2cc3c4ccccc4n(-c4ccc(Br)cn4)c3cc2N1c1ccccc1. The normalized spacial score (nSPS) is 26.7. The Hall–Kier alpha value is -3.89. The molecular formula is C35H28BrN3. The van der Waals surface area contributed by atoms with Crippen LogP contribution >= 0.6 is 15.9 Å². The molecule has 2 aromatic heterocycles. The third-order valence-electron chi connectivity index (χ3n) is 9.26. The van der Waals surface area contributed by atoms with E-state index in [1.165, 1.54) is 38.7 Å². The van der Waals surface area contributed by atoms with Gasteiger partial charge in [-0.3, -0.25) is 4.57 Å². The highest BCUT2D eigenvalue weighted by atomic mass is 79.9. The highest BCUT2D eigenvalue weighted by molar-refractivity contribution is 9.10. The summed E-state index contributed by atoms with van der Waals surface area (Å²) in [6.45, 7) is 4.86. The van der Waals surface area contributed by atoms with Gasteiger partial charge >= 0.3 is 0 Å². The summed E-state index contributed by atoms with van der Waals surface area (Å²) in [5, 5.41) is 2.53. The van der Waals surface area contributed by atoms with Gasteiger partial charge in [-0.1, -0.05) is 79.8 Å². The third kappa shape index (κ3) is 3.07. The van der Waals surface area contributed by atoms with Gasteiger partial charge < -0.3 is 4.90 Å². The number of rotatable bonds is 2. The molecule has 1 aliphatic heterocycles. The minimum atomic E-state index is -0.209. The van der Waals surface area contributed by atoms with Crippen molar-refractivity contribution in [1.29, 1.82) is 0 Å². The average Bonchev–Trinajstić information content (AvgIpc) is 3.41. The van der Waals surface area contributed by atoms with Crippen molar-refractivity contribution < 1.29 is 0 Å². The van der Waals surface area contributed by atoms with Crippen molar-refractivity contribution in [3.05, 3.63) is 132 Å². The summed E-state index contributed by atoms with van der Waals surface area (Å²) >= 11 is 3.56. The molecule has 2 aliphatic carbocycles. The van der Waals surface area contributed by atoms with E-state index in [4.69, 9.17) is 4.98 Å². The number of nitrogens with zero attached hydrogens (tertiary/aromatic N) is 3. The number of aromatic nitrogens is 2. The second-order valence-corrected chi connectivity index (χ2v) is 12.4. The number of allylic oxidation sites excluding steroid dienone is 5. The molecular weight excluding hydrogens is 542 g/mol. The summed E-state index contributed by atoms with van der Waals surface area (Å²) in [7, 11) is 0. The molecule has 0 amide bonds. The van der Waals surface area contributed by atoms with Crippen LogP contribution in [0.1, 0.15) is 25.3 Å². The first kappa shape index (κ1) is 23.0. The van der Waals surface area contributed by atoms with Crippen molar-refractivity contribution in [1.82, 2.24) is 9.55 Å². The molecule has 0 saturated carbocycles. The molecule has 3 aliphatic rings. The van der Waals surface area contributed by atoms with E-state index < -0.39 is 0 Å². The van der Waals surface area contributed by atoms with Crippen molar-refractivity contribution in [2.45, 2.75) is 25.3 Å². The molecule has 4 atom stereocenters. The molecule has 0 fully saturated rings. The molecule has 0 N–H and O–H groups in total. The van der Waals surface area contributed by atoms with E-state index in [0.29, 0.717) is 5.92 Å². The van der Waals surface area contributed by atoms with Gasteiger partial charge in [-0.2, -0.15) is 0 Å². The van der Waals surface area contributed by atoms with Crippen LogP contribution in [0.25, 0.3) is 27.6 Å². The molecule has 39 heavy (non-hydrogen) atoms. The molecule has 0 spiro atoms. The molecule has 0 bridgehead atoms. The number of pyridine rings is 1. The van der Waals surface area contributed by atoms with E-state index in [-0.39, 0.29) is 16.9 Å². The number of benzene rings is 3. The largest absolute Gasteiger partial charge is 0.331 e. The Morgan fingerprint density at radius 1 is 0.795 bits per heavy atom. The van der Waals surface area contributed by atoms with Crippen LogP contribution in [0.5, 0.6) is 0 Å². The fourth-order valence-corrected chi connectivity index (χ4v) is 7.88. The average molecular weight is 571 g/mol. The molecule has 4 heteroatoms. The van der Waals surface area contributed by atoms with Crippen LogP contribution in [0, 0.1) is 11.3 Å². The highest BCUT2D eigenvalue weighted by Crippen LogP contribution is 2.64.